The van der Waals surface area contributed by atoms with Crippen molar-refractivity contribution in [3.63, 3.8) is 0 Å². The fourth-order valence-electron chi connectivity index (χ4n) is 3.55. The third-order valence-corrected chi connectivity index (χ3v) is 5.68. The molecule has 1 unspecified atom stereocenters. The first kappa shape index (κ1) is 25.8. The number of carbonyl (C=O) groups is 1. The molecule has 3 aromatic rings. The standard InChI is InChI=1S/C21H24BrFN6O7/c1-20(2,3)34-19(31)29-12(9-32-21(29,4)5)10-33-25-16-15(24-36-26-16)17-27-35-18(30)28(17)11-6-7-14(23)13(22)8-11/h6-8,12H,9-10H2,1-5H3,(H,25,26). The Bertz CT molecular complexity index is 1310. The van der Waals surface area contributed by atoms with E-state index >= 15 is 0 Å². The Morgan fingerprint density at radius 2 is 2.06 bits per heavy atom. The molecular weight excluding hydrogens is 547 g/mol. The van der Waals surface area contributed by atoms with E-state index in [2.05, 4.69) is 36.9 Å². The summed E-state index contributed by atoms with van der Waals surface area (Å²) in [5.41, 5.74) is 1.26. The Morgan fingerprint density at radius 3 is 2.75 bits per heavy atom. The Kier molecular flexibility index (Phi) is 6.90. The quantitative estimate of drug-likeness (QED) is 0.434. The van der Waals surface area contributed by atoms with E-state index in [1.807, 2.05) is 0 Å². The van der Waals surface area contributed by atoms with E-state index in [1.54, 1.807) is 34.6 Å². The molecule has 4 rings (SSSR count). The number of ether oxygens (including phenoxy) is 2. The fraction of sp³-hybridized carbons (Fsp3) is 0.476. The van der Waals surface area contributed by atoms with Gasteiger partial charge in [-0.2, -0.15) is 0 Å². The molecule has 1 aliphatic heterocycles. The molecule has 1 aromatic carbocycles. The topological polar surface area (TPSA) is 147 Å². The second-order valence-corrected chi connectivity index (χ2v) is 10.2. The lowest BCUT2D eigenvalue weighted by Gasteiger charge is -2.34. The highest BCUT2D eigenvalue weighted by molar-refractivity contribution is 9.10. The predicted molar refractivity (Wildman–Crippen MR) is 125 cm³/mol. The number of hydrogen-bond donors (Lipinski definition) is 1. The lowest BCUT2D eigenvalue weighted by molar-refractivity contribution is -0.0647. The van der Waals surface area contributed by atoms with Crippen molar-refractivity contribution in [3.05, 3.63) is 39.0 Å². The zero-order valence-electron chi connectivity index (χ0n) is 20.1. The van der Waals surface area contributed by atoms with Gasteiger partial charge in [0.05, 0.1) is 29.4 Å². The van der Waals surface area contributed by atoms with Crippen molar-refractivity contribution in [1.82, 2.24) is 24.9 Å². The van der Waals surface area contributed by atoms with Crippen molar-refractivity contribution in [1.29, 1.82) is 0 Å². The third kappa shape index (κ3) is 5.27. The summed E-state index contributed by atoms with van der Waals surface area (Å²) in [6.07, 6.45) is -0.542. The van der Waals surface area contributed by atoms with Crippen LogP contribution in [0.15, 0.2) is 36.6 Å². The first-order valence-electron chi connectivity index (χ1n) is 10.8. The molecule has 1 aliphatic rings. The van der Waals surface area contributed by atoms with Crippen molar-refractivity contribution in [3.8, 4) is 17.2 Å². The number of benzene rings is 1. The largest absolute Gasteiger partial charge is 0.446 e. The number of anilines is 1. The number of hydrogen-bond acceptors (Lipinski definition) is 11. The van der Waals surface area contributed by atoms with Gasteiger partial charge < -0.3 is 9.47 Å². The summed E-state index contributed by atoms with van der Waals surface area (Å²) in [6, 6.07) is 3.44. The van der Waals surface area contributed by atoms with Gasteiger partial charge in [0.2, 0.25) is 17.3 Å². The van der Waals surface area contributed by atoms with Crippen LogP contribution >= 0.6 is 15.9 Å². The molecule has 0 spiro atoms. The highest BCUT2D eigenvalue weighted by atomic mass is 79.9. The minimum atomic E-state index is -0.906. The first-order chi connectivity index (χ1) is 16.9. The number of rotatable bonds is 6. The van der Waals surface area contributed by atoms with Crippen molar-refractivity contribution in [2.45, 2.75) is 52.0 Å². The molecule has 2 aromatic heterocycles. The summed E-state index contributed by atoms with van der Waals surface area (Å²) < 4.78 is 35.7. The van der Waals surface area contributed by atoms with Crippen LogP contribution in [0, 0.1) is 5.82 Å². The average molecular weight is 571 g/mol. The van der Waals surface area contributed by atoms with Crippen LogP contribution in [-0.4, -0.2) is 61.6 Å². The molecule has 1 N–H and O–H groups in total. The Labute approximate surface area is 212 Å². The Hall–Kier alpha value is -3.30. The van der Waals surface area contributed by atoms with Crippen molar-refractivity contribution < 1.29 is 32.6 Å². The monoisotopic (exact) mass is 570 g/mol. The molecule has 0 saturated carbocycles. The summed E-state index contributed by atoms with van der Waals surface area (Å²) in [4.78, 5) is 32.1. The molecule has 1 fully saturated rings. The van der Waals surface area contributed by atoms with Gasteiger partial charge in [-0.3, -0.25) is 14.3 Å². The number of carbonyl (C=O) groups excluding carboxylic acids is 1. The van der Waals surface area contributed by atoms with Crippen LogP contribution in [0.25, 0.3) is 17.2 Å². The van der Waals surface area contributed by atoms with Crippen molar-refractivity contribution >= 4 is 27.8 Å². The van der Waals surface area contributed by atoms with E-state index in [0.717, 1.165) is 4.57 Å². The highest BCUT2D eigenvalue weighted by Gasteiger charge is 2.46. The highest BCUT2D eigenvalue weighted by Crippen LogP contribution is 2.30. The van der Waals surface area contributed by atoms with Crippen molar-refractivity contribution in [2.75, 3.05) is 18.7 Å². The Balaban J connectivity index is 1.50. The van der Waals surface area contributed by atoms with E-state index < -0.39 is 35.0 Å². The van der Waals surface area contributed by atoms with Gasteiger partial charge in [0.15, 0.2) is 0 Å². The number of aromatic nitrogens is 4. The maximum Gasteiger partial charge on any atom is 0.446 e. The number of halogens is 2. The number of nitrogens with one attached hydrogen (secondary N) is 1. The summed E-state index contributed by atoms with van der Waals surface area (Å²) in [7, 11) is 0. The molecule has 194 valence electrons. The summed E-state index contributed by atoms with van der Waals surface area (Å²) >= 11 is 3.08. The van der Waals surface area contributed by atoms with Crippen LogP contribution < -0.4 is 11.2 Å². The van der Waals surface area contributed by atoms with Crippen LogP contribution in [0.4, 0.5) is 15.0 Å². The van der Waals surface area contributed by atoms with E-state index in [4.69, 9.17) is 23.5 Å². The molecule has 0 aliphatic carbocycles. The minimum Gasteiger partial charge on any atom is -0.444 e. The van der Waals surface area contributed by atoms with Gasteiger partial charge >= 0.3 is 11.8 Å². The molecule has 3 heterocycles. The molecule has 1 atom stereocenters. The smallest absolute Gasteiger partial charge is 0.444 e. The minimum absolute atomic E-state index is 0.00621. The molecule has 0 bridgehead atoms. The van der Waals surface area contributed by atoms with Crippen LogP contribution in [-0.2, 0) is 14.3 Å². The summed E-state index contributed by atoms with van der Waals surface area (Å²) in [6.45, 7) is 9.02. The molecule has 1 amide bonds. The maximum absolute atomic E-state index is 13.7. The molecule has 15 heteroatoms. The summed E-state index contributed by atoms with van der Waals surface area (Å²) in [5.74, 6) is -1.42. The average Bonchev–Trinajstić information content (AvgIpc) is 3.46. The van der Waals surface area contributed by atoms with Crippen molar-refractivity contribution in [2.24, 2.45) is 0 Å². The lowest BCUT2D eigenvalue weighted by Crippen LogP contribution is -2.51. The van der Waals surface area contributed by atoms with Gasteiger partial charge in [-0.25, -0.2) is 28.7 Å². The normalized spacial score (nSPS) is 17.4. The van der Waals surface area contributed by atoms with E-state index in [1.165, 1.54) is 23.1 Å². The molecular formula is C21H24BrFN6O7. The van der Waals surface area contributed by atoms with E-state index in [-0.39, 0.29) is 40.7 Å². The number of nitrogens with zero attached hydrogens (tertiary/aromatic N) is 5. The summed E-state index contributed by atoms with van der Waals surface area (Å²) in [5, 5.41) is 11.3. The SMILES string of the molecule is CC(C)(C)OC(=O)N1C(CONc2nonc2-c2noc(=O)n2-c2ccc(F)c(Br)c2)COC1(C)C. The molecule has 1 saturated heterocycles. The third-order valence-electron chi connectivity index (χ3n) is 5.08. The van der Waals surface area contributed by atoms with E-state index in [0.29, 0.717) is 0 Å². The second-order valence-electron chi connectivity index (χ2n) is 9.34. The van der Waals surface area contributed by atoms with Gasteiger partial charge in [0, 0.05) is 0 Å². The molecule has 13 nitrogen and oxygen atoms in total. The number of amides is 1. The zero-order chi connectivity index (χ0) is 26.3. The first-order valence-corrected chi connectivity index (χ1v) is 11.6. The predicted octanol–water partition coefficient (Wildman–Crippen LogP) is 3.49. The van der Waals surface area contributed by atoms with Crippen LogP contribution in [0.5, 0.6) is 0 Å². The maximum atomic E-state index is 13.7. The van der Waals surface area contributed by atoms with Gasteiger partial charge in [0.25, 0.3) is 0 Å². The Morgan fingerprint density at radius 1 is 1.31 bits per heavy atom. The second kappa shape index (κ2) is 9.63. The van der Waals surface area contributed by atoms with Crippen LogP contribution in [0.2, 0.25) is 0 Å². The van der Waals surface area contributed by atoms with Gasteiger partial charge in [0.1, 0.15) is 17.1 Å². The van der Waals surface area contributed by atoms with Gasteiger partial charge in [-0.1, -0.05) is 5.16 Å². The molecule has 36 heavy (non-hydrogen) atoms. The van der Waals surface area contributed by atoms with Gasteiger partial charge in [-0.15, -0.1) is 0 Å². The van der Waals surface area contributed by atoms with Gasteiger partial charge in [-0.05, 0) is 79.1 Å². The fourth-order valence-corrected chi connectivity index (χ4v) is 3.91. The zero-order valence-corrected chi connectivity index (χ0v) is 21.7. The lowest BCUT2D eigenvalue weighted by atomic mass is 10.2. The van der Waals surface area contributed by atoms with Crippen LogP contribution in [0.3, 0.4) is 0 Å². The van der Waals surface area contributed by atoms with Crippen LogP contribution in [0.1, 0.15) is 34.6 Å². The van der Waals surface area contributed by atoms with E-state index in [9.17, 15) is 14.0 Å². The molecule has 0 radical (unpaired) electrons.